The van der Waals surface area contributed by atoms with E-state index in [2.05, 4.69) is 18.0 Å². The van der Waals surface area contributed by atoms with Gasteiger partial charge in [0.1, 0.15) is 23.5 Å². The van der Waals surface area contributed by atoms with Crippen LogP contribution >= 0.6 is 0 Å². The van der Waals surface area contributed by atoms with Crippen LogP contribution in [-0.2, 0) is 11.8 Å². The minimum Gasteiger partial charge on any atom is -0.370 e. The fourth-order valence-corrected chi connectivity index (χ4v) is 2.60. The molecular formula is C14H15N3O. The molecule has 2 aromatic rings. The van der Waals surface area contributed by atoms with Crippen molar-refractivity contribution in [3.8, 4) is 6.07 Å². The average molecular weight is 241 g/mol. The first kappa shape index (κ1) is 11.2. The van der Waals surface area contributed by atoms with E-state index in [4.69, 9.17) is 10.00 Å². The van der Waals surface area contributed by atoms with Gasteiger partial charge in [-0.05, 0) is 24.5 Å². The largest absolute Gasteiger partial charge is 0.370 e. The molecule has 4 nitrogen and oxygen atoms in total. The molecule has 1 aromatic carbocycles. The molecule has 3 rings (SSSR count). The van der Waals surface area contributed by atoms with Gasteiger partial charge in [0, 0.05) is 13.7 Å². The predicted octanol–water partition coefficient (Wildman–Crippen LogP) is 2.54. The lowest BCUT2D eigenvalue weighted by Gasteiger charge is -2.13. The van der Waals surface area contributed by atoms with E-state index in [9.17, 15) is 0 Å². The lowest BCUT2D eigenvalue weighted by atomic mass is 10.0. The summed E-state index contributed by atoms with van der Waals surface area (Å²) in [6, 6.07) is 7.89. The number of aromatic nitrogens is 2. The van der Waals surface area contributed by atoms with E-state index in [1.807, 2.05) is 23.7 Å². The van der Waals surface area contributed by atoms with Gasteiger partial charge in [0.05, 0.1) is 11.1 Å². The number of nitriles is 1. The van der Waals surface area contributed by atoms with Crippen LogP contribution < -0.4 is 0 Å². The summed E-state index contributed by atoms with van der Waals surface area (Å²) in [7, 11) is 1.99. The third kappa shape index (κ3) is 1.52. The van der Waals surface area contributed by atoms with Crippen LogP contribution in [0.2, 0.25) is 0 Å². The number of benzene rings is 1. The van der Waals surface area contributed by atoms with Crippen molar-refractivity contribution in [2.75, 3.05) is 6.61 Å². The number of imidazole rings is 1. The molecule has 0 amide bonds. The second kappa shape index (κ2) is 4.11. The van der Waals surface area contributed by atoms with E-state index in [1.54, 1.807) is 6.07 Å². The Morgan fingerprint density at radius 3 is 3.00 bits per heavy atom. The molecule has 0 aliphatic carbocycles. The maximum absolute atomic E-state index is 9.12. The van der Waals surface area contributed by atoms with Crippen LogP contribution in [0.5, 0.6) is 0 Å². The highest BCUT2D eigenvalue weighted by Crippen LogP contribution is 2.35. The van der Waals surface area contributed by atoms with Crippen LogP contribution in [0.3, 0.4) is 0 Å². The second-order valence-corrected chi connectivity index (χ2v) is 4.87. The minimum atomic E-state index is 0.0499. The normalized spacial score (nSPS) is 23.4. The van der Waals surface area contributed by atoms with Crippen LogP contribution in [0.1, 0.15) is 30.8 Å². The Bertz CT molecular complexity index is 638. The topological polar surface area (TPSA) is 50.8 Å². The number of nitrogens with zero attached hydrogens (tertiary/aromatic N) is 3. The van der Waals surface area contributed by atoms with E-state index >= 15 is 0 Å². The molecule has 2 atom stereocenters. The highest BCUT2D eigenvalue weighted by molar-refractivity contribution is 5.82. The Morgan fingerprint density at radius 2 is 2.33 bits per heavy atom. The van der Waals surface area contributed by atoms with E-state index < -0.39 is 0 Å². The predicted molar refractivity (Wildman–Crippen MR) is 67.9 cm³/mol. The van der Waals surface area contributed by atoms with Gasteiger partial charge in [-0.1, -0.05) is 13.0 Å². The van der Waals surface area contributed by atoms with Crippen molar-refractivity contribution < 1.29 is 4.74 Å². The summed E-state index contributed by atoms with van der Waals surface area (Å²) in [5, 5.41) is 9.12. The fraction of sp³-hybridized carbons (Fsp3) is 0.429. The molecule has 18 heavy (non-hydrogen) atoms. The van der Waals surface area contributed by atoms with Crippen LogP contribution in [-0.4, -0.2) is 16.2 Å². The van der Waals surface area contributed by atoms with E-state index in [0.29, 0.717) is 11.5 Å². The van der Waals surface area contributed by atoms with E-state index in [1.165, 1.54) is 0 Å². The fourth-order valence-electron chi connectivity index (χ4n) is 2.60. The summed E-state index contributed by atoms with van der Waals surface area (Å²) >= 11 is 0. The minimum absolute atomic E-state index is 0.0499. The molecule has 1 fully saturated rings. The number of hydrogen-bond acceptors (Lipinski definition) is 3. The van der Waals surface area contributed by atoms with Gasteiger partial charge in [0.2, 0.25) is 0 Å². The maximum atomic E-state index is 9.12. The van der Waals surface area contributed by atoms with Crippen LogP contribution in [0, 0.1) is 17.2 Å². The highest BCUT2D eigenvalue weighted by Gasteiger charge is 2.30. The third-order valence-electron chi connectivity index (χ3n) is 3.71. The first-order valence-corrected chi connectivity index (χ1v) is 6.19. The van der Waals surface area contributed by atoms with Gasteiger partial charge in [-0.3, -0.25) is 0 Å². The van der Waals surface area contributed by atoms with Crippen molar-refractivity contribution in [2.24, 2.45) is 13.0 Å². The Morgan fingerprint density at radius 1 is 1.50 bits per heavy atom. The highest BCUT2D eigenvalue weighted by atomic mass is 16.5. The zero-order valence-electron chi connectivity index (χ0n) is 10.6. The van der Waals surface area contributed by atoms with Gasteiger partial charge < -0.3 is 9.30 Å². The Hall–Kier alpha value is -1.86. The number of fused-ring (bicyclic) bond motifs is 1. The summed E-state index contributed by atoms with van der Waals surface area (Å²) < 4.78 is 7.81. The second-order valence-electron chi connectivity index (χ2n) is 4.87. The van der Waals surface area contributed by atoms with Gasteiger partial charge in [0.15, 0.2) is 0 Å². The third-order valence-corrected chi connectivity index (χ3v) is 3.71. The van der Waals surface area contributed by atoms with E-state index in [-0.39, 0.29) is 6.10 Å². The van der Waals surface area contributed by atoms with Crippen molar-refractivity contribution in [2.45, 2.75) is 19.4 Å². The molecule has 2 unspecified atom stereocenters. The zero-order chi connectivity index (χ0) is 12.7. The average Bonchev–Trinajstić information content (AvgIpc) is 2.93. The molecule has 1 aliphatic rings. The summed E-state index contributed by atoms with van der Waals surface area (Å²) in [6.45, 7) is 2.97. The van der Waals surface area contributed by atoms with Gasteiger partial charge in [-0.25, -0.2) is 4.98 Å². The van der Waals surface area contributed by atoms with Crippen molar-refractivity contribution in [1.82, 2.24) is 9.55 Å². The quantitative estimate of drug-likeness (QED) is 0.771. The van der Waals surface area contributed by atoms with Crippen molar-refractivity contribution in [3.63, 3.8) is 0 Å². The molecule has 0 N–H and O–H groups in total. The Kier molecular flexibility index (Phi) is 2.57. The molecule has 1 aromatic heterocycles. The number of para-hydroxylation sites is 1. The zero-order valence-corrected chi connectivity index (χ0v) is 10.6. The summed E-state index contributed by atoms with van der Waals surface area (Å²) in [4.78, 5) is 4.63. The van der Waals surface area contributed by atoms with Crippen molar-refractivity contribution >= 4 is 11.0 Å². The molecule has 4 heteroatoms. The lowest BCUT2D eigenvalue weighted by Crippen LogP contribution is -2.10. The number of rotatable bonds is 1. The van der Waals surface area contributed by atoms with Gasteiger partial charge in [0.25, 0.3) is 0 Å². The molecule has 0 saturated carbocycles. The van der Waals surface area contributed by atoms with Crippen LogP contribution in [0.15, 0.2) is 18.2 Å². The van der Waals surface area contributed by atoms with Gasteiger partial charge in [-0.2, -0.15) is 5.26 Å². The summed E-state index contributed by atoms with van der Waals surface area (Å²) in [5.41, 5.74) is 2.40. The SMILES string of the molecule is CC1CCOC1c1nc2c(C#N)cccc2n1C. The molecular weight excluding hydrogens is 226 g/mol. The van der Waals surface area contributed by atoms with E-state index in [0.717, 1.165) is 29.9 Å². The molecule has 2 heterocycles. The smallest absolute Gasteiger partial charge is 0.139 e. The van der Waals surface area contributed by atoms with Crippen LogP contribution in [0.4, 0.5) is 0 Å². The number of hydrogen-bond donors (Lipinski definition) is 0. The summed E-state index contributed by atoms with van der Waals surface area (Å²) in [5.74, 6) is 1.41. The van der Waals surface area contributed by atoms with Crippen molar-refractivity contribution in [1.29, 1.82) is 5.26 Å². The lowest BCUT2D eigenvalue weighted by molar-refractivity contribution is 0.0855. The van der Waals surface area contributed by atoms with Crippen molar-refractivity contribution in [3.05, 3.63) is 29.6 Å². The van der Waals surface area contributed by atoms with Gasteiger partial charge >= 0.3 is 0 Å². The number of ether oxygens (including phenoxy) is 1. The summed E-state index contributed by atoms with van der Waals surface area (Å²) in [6.07, 6.45) is 1.12. The number of aryl methyl sites for hydroxylation is 1. The van der Waals surface area contributed by atoms with Crippen LogP contribution in [0.25, 0.3) is 11.0 Å². The molecule has 1 saturated heterocycles. The van der Waals surface area contributed by atoms with Gasteiger partial charge in [-0.15, -0.1) is 0 Å². The molecule has 1 aliphatic heterocycles. The molecule has 92 valence electrons. The molecule has 0 bridgehead atoms. The Balaban J connectivity index is 2.20. The molecule has 0 radical (unpaired) electrons. The monoisotopic (exact) mass is 241 g/mol. The maximum Gasteiger partial charge on any atom is 0.139 e. The standard InChI is InChI=1S/C14H15N3O/c1-9-6-7-18-13(9)14-16-12-10(8-15)4-3-5-11(12)17(14)2/h3-5,9,13H,6-7H2,1-2H3. The molecule has 0 spiro atoms. The first-order chi connectivity index (χ1) is 8.72. The Labute approximate surface area is 106 Å². The first-order valence-electron chi connectivity index (χ1n) is 6.19.